The summed E-state index contributed by atoms with van der Waals surface area (Å²) >= 11 is 5.63. The molecule has 3 heteroatoms. The number of nitriles is 1. The Bertz CT molecular complexity index is 330. The topological polar surface area (TPSA) is 23.8 Å². The smallest absolute Gasteiger partial charge is 0.126 e. The second kappa shape index (κ2) is 4.84. The van der Waals surface area contributed by atoms with Gasteiger partial charge in [-0.05, 0) is 23.6 Å². The van der Waals surface area contributed by atoms with Gasteiger partial charge in [0.1, 0.15) is 5.82 Å². The van der Waals surface area contributed by atoms with Crippen LogP contribution < -0.4 is 0 Å². The van der Waals surface area contributed by atoms with E-state index in [4.69, 9.17) is 16.9 Å². The van der Waals surface area contributed by atoms with E-state index in [9.17, 15) is 4.39 Å². The second-order valence-corrected chi connectivity index (χ2v) is 2.94. The molecular weight excluding hydrogens is 189 g/mol. The van der Waals surface area contributed by atoms with E-state index in [0.29, 0.717) is 24.3 Å². The third-order valence-electron chi connectivity index (χ3n) is 1.85. The molecule has 1 nitrogen and oxygen atoms in total. The summed E-state index contributed by atoms with van der Waals surface area (Å²) in [7, 11) is 0. The number of benzene rings is 1. The summed E-state index contributed by atoms with van der Waals surface area (Å²) in [6.07, 6.45) is 0.760. The standard InChI is InChI=1S/C10H9ClFN/c11-7-8-3-1-5-10(12)9(8)4-2-6-13/h1,3,5H,2,4,7H2. The van der Waals surface area contributed by atoms with Crippen molar-refractivity contribution in [2.45, 2.75) is 18.7 Å². The molecule has 0 heterocycles. The molecule has 0 spiro atoms. The van der Waals surface area contributed by atoms with Gasteiger partial charge < -0.3 is 0 Å². The molecule has 1 aromatic carbocycles. The van der Waals surface area contributed by atoms with Gasteiger partial charge in [0.25, 0.3) is 0 Å². The lowest BCUT2D eigenvalue weighted by molar-refractivity contribution is 0.607. The summed E-state index contributed by atoms with van der Waals surface area (Å²) in [4.78, 5) is 0. The van der Waals surface area contributed by atoms with Gasteiger partial charge in [0, 0.05) is 12.3 Å². The normalized spacial score (nSPS) is 9.62. The quantitative estimate of drug-likeness (QED) is 0.684. The first kappa shape index (κ1) is 10.0. The fourth-order valence-electron chi connectivity index (χ4n) is 1.19. The zero-order chi connectivity index (χ0) is 9.68. The zero-order valence-electron chi connectivity index (χ0n) is 7.06. The third kappa shape index (κ3) is 2.43. The molecule has 0 saturated carbocycles. The van der Waals surface area contributed by atoms with E-state index in [0.717, 1.165) is 5.56 Å². The van der Waals surface area contributed by atoms with E-state index < -0.39 is 0 Å². The van der Waals surface area contributed by atoms with Crippen molar-refractivity contribution in [1.82, 2.24) is 0 Å². The molecule has 0 aliphatic rings. The average Bonchev–Trinajstić information content (AvgIpc) is 2.15. The maximum Gasteiger partial charge on any atom is 0.126 e. The van der Waals surface area contributed by atoms with Crippen molar-refractivity contribution >= 4 is 11.6 Å². The van der Waals surface area contributed by atoms with E-state index in [1.807, 2.05) is 6.07 Å². The lowest BCUT2D eigenvalue weighted by atomic mass is 10.0. The average molecular weight is 198 g/mol. The first-order valence-corrected chi connectivity index (χ1v) is 4.52. The Labute approximate surface area is 81.8 Å². The highest BCUT2D eigenvalue weighted by Crippen LogP contribution is 2.17. The molecule has 0 saturated heterocycles. The zero-order valence-corrected chi connectivity index (χ0v) is 7.81. The first-order valence-electron chi connectivity index (χ1n) is 3.98. The van der Waals surface area contributed by atoms with Crippen LogP contribution in [0.4, 0.5) is 4.39 Å². The van der Waals surface area contributed by atoms with Gasteiger partial charge in [0.05, 0.1) is 6.07 Å². The fourth-order valence-corrected chi connectivity index (χ4v) is 1.44. The molecule has 0 atom stereocenters. The summed E-state index contributed by atoms with van der Waals surface area (Å²) in [5, 5.41) is 8.38. The molecule has 1 rings (SSSR count). The minimum Gasteiger partial charge on any atom is -0.207 e. The minimum atomic E-state index is -0.270. The van der Waals surface area contributed by atoms with E-state index in [-0.39, 0.29) is 5.82 Å². The van der Waals surface area contributed by atoms with Crippen molar-refractivity contribution in [3.8, 4) is 6.07 Å². The summed E-state index contributed by atoms with van der Waals surface area (Å²) in [5.41, 5.74) is 1.34. The number of rotatable bonds is 3. The third-order valence-corrected chi connectivity index (χ3v) is 2.13. The Morgan fingerprint density at radius 2 is 2.23 bits per heavy atom. The summed E-state index contributed by atoms with van der Waals surface area (Å²) < 4.78 is 13.2. The van der Waals surface area contributed by atoms with Crippen LogP contribution >= 0.6 is 11.6 Å². The largest absolute Gasteiger partial charge is 0.207 e. The van der Waals surface area contributed by atoms with Crippen molar-refractivity contribution in [2.75, 3.05) is 0 Å². The van der Waals surface area contributed by atoms with Gasteiger partial charge in [0.2, 0.25) is 0 Å². The van der Waals surface area contributed by atoms with Gasteiger partial charge in [-0.3, -0.25) is 0 Å². The van der Waals surface area contributed by atoms with Crippen LogP contribution in [-0.4, -0.2) is 0 Å². The maximum atomic E-state index is 13.2. The summed E-state index contributed by atoms with van der Waals surface area (Å²) in [5.74, 6) is 0.0202. The van der Waals surface area contributed by atoms with E-state index >= 15 is 0 Å². The molecule has 0 aliphatic carbocycles. The van der Waals surface area contributed by atoms with E-state index in [1.54, 1.807) is 12.1 Å². The molecule has 0 aromatic heterocycles. The van der Waals surface area contributed by atoms with Crippen molar-refractivity contribution in [1.29, 1.82) is 5.26 Å². The lowest BCUT2D eigenvalue weighted by Crippen LogP contribution is -1.95. The van der Waals surface area contributed by atoms with Crippen molar-refractivity contribution in [3.63, 3.8) is 0 Å². The van der Waals surface area contributed by atoms with Crippen LogP contribution in [0.3, 0.4) is 0 Å². The van der Waals surface area contributed by atoms with Crippen LogP contribution in [0.1, 0.15) is 17.5 Å². The van der Waals surface area contributed by atoms with Gasteiger partial charge in [-0.2, -0.15) is 5.26 Å². The molecular formula is C10H9ClFN. The molecule has 0 bridgehead atoms. The Morgan fingerprint density at radius 3 is 2.85 bits per heavy atom. The molecule has 0 radical (unpaired) electrons. The van der Waals surface area contributed by atoms with Crippen LogP contribution in [-0.2, 0) is 12.3 Å². The lowest BCUT2D eigenvalue weighted by Gasteiger charge is -2.05. The molecule has 13 heavy (non-hydrogen) atoms. The predicted octanol–water partition coefficient (Wildman–Crippen LogP) is 3.02. The molecule has 0 aliphatic heterocycles. The fraction of sp³-hybridized carbons (Fsp3) is 0.300. The highest BCUT2D eigenvalue weighted by atomic mass is 35.5. The number of nitrogens with zero attached hydrogens (tertiary/aromatic N) is 1. The summed E-state index contributed by atoms with van der Waals surface area (Å²) in [6, 6.07) is 6.79. The van der Waals surface area contributed by atoms with Gasteiger partial charge in [-0.25, -0.2) is 4.39 Å². The Morgan fingerprint density at radius 1 is 1.46 bits per heavy atom. The molecule has 0 fully saturated rings. The van der Waals surface area contributed by atoms with E-state index in [1.165, 1.54) is 6.07 Å². The van der Waals surface area contributed by atoms with Crippen molar-refractivity contribution in [2.24, 2.45) is 0 Å². The van der Waals surface area contributed by atoms with Crippen LogP contribution in [0.15, 0.2) is 18.2 Å². The van der Waals surface area contributed by atoms with Crippen LogP contribution in [0.25, 0.3) is 0 Å². The highest BCUT2D eigenvalue weighted by molar-refractivity contribution is 6.17. The SMILES string of the molecule is N#CCCc1c(F)cccc1CCl. The number of halogens is 2. The van der Waals surface area contributed by atoms with Gasteiger partial charge in [0.15, 0.2) is 0 Å². The number of alkyl halides is 1. The number of hydrogen-bond acceptors (Lipinski definition) is 1. The molecule has 0 N–H and O–H groups in total. The molecule has 0 unspecified atom stereocenters. The highest BCUT2D eigenvalue weighted by Gasteiger charge is 2.06. The number of hydrogen-bond donors (Lipinski definition) is 0. The molecule has 1 aromatic rings. The maximum absolute atomic E-state index is 13.2. The van der Waals surface area contributed by atoms with E-state index in [2.05, 4.69) is 0 Å². The minimum absolute atomic E-state index is 0.270. The molecule has 68 valence electrons. The first-order chi connectivity index (χ1) is 6.29. The summed E-state index contributed by atoms with van der Waals surface area (Å²) in [6.45, 7) is 0. The van der Waals surface area contributed by atoms with Crippen LogP contribution in [0.2, 0.25) is 0 Å². The Kier molecular flexibility index (Phi) is 3.72. The molecule has 0 amide bonds. The van der Waals surface area contributed by atoms with Gasteiger partial charge in [-0.1, -0.05) is 12.1 Å². The monoisotopic (exact) mass is 197 g/mol. The second-order valence-electron chi connectivity index (χ2n) is 2.67. The van der Waals surface area contributed by atoms with Crippen LogP contribution in [0, 0.1) is 17.1 Å². The van der Waals surface area contributed by atoms with Crippen molar-refractivity contribution in [3.05, 3.63) is 35.1 Å². The predicted molar refractivity (Wildman–Crippen MR) is 49.9 cm³/mol. The van der Waals surface area contributed by atoms with Crippen molar-refractivity contribution < 1.29 is 4.39 Å². The Balaban J connectivity index is 2.95. The van der Waals surface area contributed by atoms with Gasteiger partial charge in [-0.15, -0.1) is 11.6 Å². The van der Waals surface area contributed by atoms with Crippen LogP contribution in [0.5, 0.6) is 0 Å². The Hall–Kier alpha value is -1.07. The van der Waals surface area contributed by atoms with Gasteiger partial charge >= 0.3 is 0 Å².